The van der Waals surface area contributed by atoms with Crippen LogP contribution in [0.5, 0.6) is 5.75 Å². The monoisotopic (exact) mass is 321 g/mol. The summed E-state index contributed by atoms with van der Waals surface area (Å²) in [7, 11) is 1.47. The molecular formula is C16H23N3O4. The number of morpholine rings is 1. The lowest BCUT2D eigenvalue weighted by molar-refractivity contribution is -0.385. The Balaban J connectivity index is 1.63. The summed E-state index contributed by atoms with van der Waals surface area (Å²) in [6.07, 6.45) is 1.15. The van der Waals surface area contributed by atoms with E-state index in [-0.39, 0.29) is 5.69 Å². The van der Waals surface area contributed by atoms with Crippen LogP contribution in [0.15, 0.2) is 18.2 Å². The summed E-state index contributed by atoms with van der Waals surface area (Å²) in [5.41, 5.74) is 1.01. The molecule has 2 saturated heterocycles. The topological polar surface area (TPSA) is 68.1 Å². The zero-order chi connectivity index (χ0) is 16.2. The van der Waals surface area contributed by atoms with E-state index >= 15 is 0 Å². The summed E-state index contributed by atoms with van der Waals surface area (Å²) >= 11 is 0. The van der Waals surface area contributed by atoms with Crippen LogP contribution in [0.25, 0.3) is 0 Å². The Labute approximate surface area is 135 Å². The number of anilines is 1. The molecule has 2 fully saturated rings. The standard InChI is InChI=1S/C16H23N3O4/c1-22-16-10-14(2-3-15(16)19(20)21)18-5-4-13(12-18)11-17-6-8-23-9-7-17/h2-3,10,13H,4-9,11-12H2,1H3. The fourth-order valence-corrected chi connectivity index (χ4v) is 3.38. The average molecular weight is 321 g/mol. The number of nitro benzene ring substituents is 1. The molecule has 23 heavy (non-hydrogen) atoms. The fraction of sp³-hybridized carbons (Fsp3) is 0.625. The van der Waals surface area contributed by atoms with E-state index < -0.39 is 4.92 Å². The Morgan fingerprint density at radius 3 is 2.83 bits per heavy atom. The lowest BCUT2D eigenvalue weighted by Gasteiger charge is -2.29. The van der Waals surface area contributed by atoms with Crippen molar-refractivity contribution in [3.05, 3.63) is 28.3 Å². The third-order valence-electron chi connectivity index (χ3n) is 4.63. The van der Waals surface area contributed by atoms with Gasteiger partial charge in [0.1, 0.15) is 0 Å². The summed E-state index contributed by atoms with van der Waals surface area (Å²) in [6, 6.07) is 5.12. The minimum Gasteiger partial charge on any atom is -0.490 e. The number of methoxy groups -OCH3 is 1. The van der Waals surface area contributed by atoms with Gasteiger partial charge in [0, 0.05) is 50.5 Å². The molecule has 0 spiro atoms. The molecule has 2 aliphatic rings. The summed E-state index contributed by atoms with van der Waals surface area (Å²) in [4.78, 5) is 15.3. The molecule has 2 heterocycles. The highest BCUT2D eigenvalue weighted by Gasteiger charge is 2.26. The average Bonchev–Trinajstić information content (AvgIpc) is 3.03. The van der Waals surface area contributed by atoms with Crippen molar-refractivity contribution in [2.45, 2.75) is 6.42 Å². The number of hydrogen-bond acceptors (Lipinski definition) is 6. The van der Waals surface area contributed by atoms with E-state index in [0.29, 0.717) is 11.7 Å². The Kier molecular flexibility index (Phi) is 4.97. The molecule has 126 valence electrons. The van der Waals surface area contributed by atoms with Gasteiger partial charge in [-0.1, -0.05) is 0 Å². The molecule has 2 aliphatic heterocycles. The predicted molar refractivity (Wildman–Crippen MR) is 87.2 cm³/mol. The first kappa shape index (κ1) is 16.0. The van der Waals surface area contributed by atoms with Gasteiger partial charge >= 0.3 is 5.69 Å². The van der Waals surface area contributed by atoms with Crippen LogP contribution < -0.4 is 9.64 Å². The molecule has 0 amide bonds. The highest BCUT2D eigenvalue weighted by atomic mass is 16.6. The van der Waals surface area contributed by atoms with E-state index in [2.05, 4.69) is 9.80 Å². The van der Waals surface area contributed by atoms with Gasteiger partial charge in [-0.3, -0.25) is 15.0 Å². The molecule has 1 aromatic rings. The second-order valence-corrected chi connectivity index (χ2v) is 6.13. The number of ether oxygens (including phenoxy) is 2. The third kappa shape index (κ3) is 3.73. The lowest BCUT2D eigenvalue weighted by Crippen LogP contribution is -2.39. The van der Waals surface area contributed by atoms with Crippen molar-refractivity contribution in [1.82, 2.24) is 4.90 Å². The van der Waals surface area contributed by atoms with E-state index in [0.717, 1.165) is 58.0 Å². The number of nitro groups is 1. The first-order chi connectivity index (χ1) is 11.2. The Morgan fingerprint density at radius 1 is 1.35 bits per heavy atom. The van der Waals surface area contributed by atoms with E-state index in [1.54, 1.807) is 6.07 Å². The quantitative estimate of drug-likeness (QED) is 0.608. The molecule has 1 atom stereocenters. The molecule has 0 bridgehead atoms. The highest BCUT2D eigenvalue weighted by Crippen LogP contribution is 2.33. The second kappa shape index (κ2) is 7.14. The maximum Gasteiger partial charge on any atom is 0.311 e. The van der Waals surface area contributed by atoms with Crippen LogP contribution in [-0.2, 0) is 4.74 Å². The van der Waals surface area contributed by atoms with Crippen molar-refractivity contribution >= 4 is 11.4 Å². The van der Waals surface area contributed by atoms with Gasteiger partial charge in [0.05, 0.1) is 25.2 Å². The van der Waals surface area contributed by atoms with Gasteiger partial charge < -0.3 is 14.4 Å². The Bertz CT molecular complexity index is 560. The molecule has 0 N–H and O–H groups in total. The van der Waals surface area contributed by atoms with Crippen molar-refractivity contribution < 1.29 is 14.4 Å². The van der Waals surface area contributed by atoms with Crippen LogP contribution in [0.4, 0.5) is 11.4 Å². The second-order valence-electron chi connectivity index (χ2n) is 6.13. The van der Waals surface area contributed by atoms with Gasteiger partial charge in [0.25, 0.3) is 0 Å². The SMILES string of the molecule is COc1cc(N2CCC(CN3CCOCC3)C2)ccc1[N+](=O)[O-]. The minimum atomic E-state index is -0.409. The number of hydrogen-bond donors (Lipinski definition) is 0. The van der Waals surface area contributed by atoms with Gasteiger partial charge in [-0.25, -0.2) is 0 Å². The Hall–Kier alpha value is -1.86. The smallest absolute Gasteiger partial charge is 0.311 e. The molecule has 0 aromatic heterocycles. The first-order valence-electron chi connectivity index (χ1n) is 8.05. The molecule has 3 rings (SSSR count). The van der Waals surface area contributed by atoms with Gasteiger partial charge in [0.2, 0.25) is 0 Å². The van der Waals surface area contributed by atoms with E-state index in [1.165, 1.54) is 13.2 Å². The molecular weight excluding hydrogens is 298 g/mol. The van der Waals surface area contributed by atoms with E-state index in [4.69, 9.17) is 9.47 Å². The number of nitrogens with zero attached hydrogens (tertiary/aromatic N) is 3. The lowest BCUT2D eigenvalue weighted by atomic mass is 10.1. The van der Waals surface area contributed by atoms with E-state index in [9.17, 15) is 10.1 Å². The van der Waals surface area contributed by atoms with Crippen molar-refractivity contribution in [1.29, 1.82) is 0 Å². The normalized spacial score (nSPS) is 22.3. The number of rotatable bonds is 5. The van der Waals surface area contributed by atoms with Gasteiger partial charge in [-0.2, -0.15) is 0 Å². The van der Waals surface area contributed by atoms with Crippen molar-refractivity contribution in [2.75, 3.05) is 57.9 Å². The van der Waals surface area contributed by atoms with Crippen LogP contribution >= 0.6 is 0 Å². The van der Waals surface area contributed by atoms with Crippen molar-refractivity contribution in [2.24, 2.45) is 5.92 Å². The van der Waals surface area contributed by atoms with E-state index in [1.807, 2.05) is 6.07 Å². The minimum absolute atomic E-state index is 0.0142. The highest BCUT2D eigenvalue weighted by molar-refractivity contribution is 5.59. The molecule has 0 aliphatic carbocycles. The van der Waals surface area contributed by atoms with Crippen LogP contribution in [0, 0.1) is 16.0 Å². The fourth-order valence-electron chi connectivity index (χ4n) is 3.38. The molecule has 0 radical (unpaired) electrons. The molecule has 1 aromatic carbocycles. The molecule has 1 unspecified atom stereocenters. The summed E-state index contributed by atoms with van der Waals surface area (Å²) < 4.78 is 10.6. The van der Waals surface area contributed by atoms with Crippen LogP contribution in [0.3, 0.4) is 0 Å². The number of benzene rings is 1. The van der Waals surface area contributed by atoms with Crippen molar-refractivity contribution in [3.8, 4) is 5.75 Å². The molecule has 7 nitrogen and oxygen atoms in total. The van der Waals surface area contributed by atoms with Crippen LogP contribution in [0.1, 0.15) is 6.42 Å². The summed E-state index contributed by atoms with van der Waals surface area (Å²) in [6.45, 7) is 6.76. The maximum absolute atomic E-state index is 11.0. The van der Waals surface area contributed by atoms with Crippen LogP contribution in [-0.4, -0.2) is 62.9 Å². The molecule has 0 saturated carbocycles. The molecule has 7 heteroatoms. The van der Waals surface area contributed by atoms with Crippen LogP contribution in [0.2, 0.25) is 0 Å². The maximum atomic E-state index is 11.0. The zero-order valence-electron chi connectivity index (χ0n) is 13.4. The van der Waals surface area contributed by atoms with Crippen molar-refractivity contribution in [3.63, 3.8) is 0 Å². The largest absolute Gasteiger partial charge is 0.490 e. The van der Waals surface area contributed by atoms with Gasteiger partial charge in [-0.05, 0) is 18.4 Å². The Morgan fingerprint density at radius 2 is 2.13 bits per heavy atom. The predicted octanol–water partition coefficient (Wildman–Crippen LogP) is 1.76. The zero-order valence-corrected chi connectivity index (χ0v) is 13.4. The third-order valence-corrected chi connectivity index (χ3v) is 4.63. The first-order valence-corrected chi connectivity index (χ1v) is 8.05. The summed E-state index contributed by atoms with van der Waals surface area (Å²) in [5, 5.41) is 11.0. The van der Waals surface area contributed by atoms with Gasteiger partial charge in [0.15, 0.2) is 5.75 Å². The summed E-state index contributed by atoms with van der Waals surface area (Å²) in [5.74, 6) is 0.957. The van der Waals surface area contributed by atoms with Gasteiger partial charge in [-0.15, -0.1) is 0 Å².